The summed E-state index contributed by atoms with van der Waals surface area (Å²) in [6.45, 7) is 2.40. The molecule has 1 aromatic heterocycles. The number of nitrogens with one attached hydrogen (secondary N) is 2. The molecule has 3 aromatic rings. The first-order chi connectivity index (χ1) is 13.2. The summed E-state index contributed by atoms with van der Waals surface area (Å²) in [5.41, 5.74) is 1.55. The molecular formula is C20H20N4O3. The summed E-state index contributed by atoms with van der Waals surface area (Å²) < 4.78 is 10.8. The van der Waals surface area contributed by atoms with E-state index in [9.17, 15) is 4.79 Å². The molecule has 138 valence electrons. The molecule has 0 aliphatic heterocycles. The smallest absolute Gasteiger partial charge is 0.275 e. The number of nitrogens with zero attached hydrogens (tertiary/aromatic N) is 2. The van der Waals surface area contributed by atoms with Crippen molar-refractivity contribution >= 4 is 23.1 Å². The average Bonchev–Trinajstić information content (AvgIpc) is 2.70. The number of hydrogen-bond donors (Lipinski definition) is 2. The molecule has 0 saturated heterocycles. The van der Waals surface area contributed by atoms with Gasteiger partial charge in [0.1, 0.15) is 23.0 Å². The Morgan fingerprint density at radius 1 is 0.963 bits per heavy atom. The Kier molecular flexibility index (Phi) is 5.84. The lowest BCUT2D eigenvalue weighted by atomic mass is 10.2. The van der Waals surface area contributed by atoms with Gasteiger partial charge in [-0.15, -0.1) is 0 Å². The summed E-state index contributed by atoms with van der Waals surface area (Å²) in [5.74, 6) is 1.44. The molecule has 7 nitrogen and oxygen atoms in total. The molecule has 0 atom stereocenters. The normalized spacial score (nSPS) is 10.1. The van der Waals surface area contributed by atoms with Crippen LogP contribution in [0.25, 0.3) is 0 Å². The van der Waals surface area contributed by atoms with Crippen molar-refractivity contribution in [3.63, 3.8) is 0 Å². The summed E-state index contributed by atoms with van der Waals surface area (Å²) in [6, 6.07) is 14.7. The number of amides is 1. The zero-order valence-corrected chi connectivity index (χ0v) is 15.1. The van der Waals surface area contributed by atoms with E-state index in [2.05, 4.69) is 20.6 Å². The molecule has 0 saturated carbocycles. The minimum Gasteiger partial charge on any atom is -0.495 e. The summed E-state index contributed by atoms with van der Waals surface area (Å²) in [4.78, 5) is 20.9. The molecule has 0 bridgehead atoms. The van der Waals surface area contributed by atoms with Crippen LogP contribution in [-0.4, -0.2) is 29.6 Å². The molecule has 27 heavy (non-hydrogen) atoms. The fourth-order valence-electron chi connectivity index (χ4n) is 2.43. The fourth-order valence-corrected chi connectivity index (χ4v) is 2.43. The number of ether oxygens (including phenoxy) is 2. The van der Waals surface area contributed by atoms with E-state index >= 15 is 0 Å². The topological polar surface area (TPSA) is 85.4 Å². The summed E-state index contributed by atoms with van der Waals surface area (Å²) in [5, 5.41) is 5.91. The van der Waals surface area contributed by atoms with Gasteiger partial charge < -0.3 is 20.1 Å². The van der Waals surface area contributed by atoms with Crippen LogP contribution >= 0.6 is 0 Å². The van der Waals surface area contributed by atoms with Crippen molar-refractivity contribution in [1.29, 1.82) is 0 Å². The molecule has 3 rings (SSSR count). The Hall–Kier alpha value is -3.61. The number of methoxy groups -OCH3 is 1. The SMILES string of the molecule is CCOc1ccccc1NC(=O)c1cnc(Nc2ccccc2OC)cn1. The van der Waals surface area contributed by atoms with Crippen LogP contribution in [0.5, 0.6) is 11.5 Å². The molecule has 2 N–H and O–H groups in total. The Balaban J connectivity index is 1.71. The number of benzene rings is 2. The number of carbonyl (C=O) groups excluding carboxylic acids is 1. The second-order valence-electron chi connectivity index (χ2n) is 5.50. The average molecular weight is 364 g/mol. The van der Waals surface area contributed by atoms with Gasteiger partial charge in [-0.25, -0.2) is 9.97 Å². The van der Waals surface area contributed by atoms with E-state index < -0.39 is 0 Å². The lowest BCUT2D eigenvalue weighted by Gasteiger charge is -2.11. The maximum absolute atomic E-state index is 12.4. The van der Waals surface area contributed by atoms with E-state index in [0.29, 0.717) is 29.6 Å². The first kappa shape index (κ1) is 18.2. The Morgan fingerprint density at radius 2 is 1.67 bits per heavy atom. The van der Waals surface area contributed by atoms with Crippen LogP contribution in [0.3, 0.4) is 0 Å². The van der Waals surface area contributed by atoms with Crippen LogP contribution in [0, 0.1) is 0 Å². The quantitative estimate of drug-likeness (QED) is 0.662. The third-order valence-corrected chi connectivity index (χ3v) is 3.69. The molecule has 0 spiro atoms. The number of rotatable bonds is 7. The van der Waals surface area contributed by atoms with Crippen molar-refractivity contribution in [1.82, 2.24) is 9.97 Å². The van der Waals surface area contributed by atoms with Gasteiger partial charge >= 0.3 is 0 Å². The van der Waals surface area contributed by atoms with E-state index in [0.717, 1.165) is 5.69 Å². The molecule has 7 heteroatoms. The third kappa shape index (κ3) is 4.52. The monoisotopic (exact) mass is 364 g/mol. The Morgan fingerprint density at radius 3 is 2.33 bits per heavy atom. The fraction of sp³-hybridized carbons (Fsp3) is 0.150. The van der Waals surface area contributed by atoms with E-state index in [4.69, 9.17) is 9.47 Å². The van der Waals surface area contributed by atoms with Gasteiger partial charge in [-0.05, 0) is 31.2 Å². The maximum atomic E-state index is 12.4. The second-order valence-corrected chi connectivity index (χ2v) is 5.50. The van der Waals surface area contributed by atoms with Crippen LogP contribution in [0.1, 0.15) is 17.4 Å². The lowest BCUT2D eigenvalue weighted by Crippen LogP contribution is -2.15. The highest BCUT2D eigenvalue weighted by Crippen LogP contribution is 2.26. The van der Waals surface area contributed by atoms with Gasteiger partial charge in [0.25, 0.3) is 5.91 Å². The van der Waals surface area contributed by atoms with Crippen molar-refractivity contribution in [2.45, 2.75) is 6.92 Å². The van der Waals surface area contributed by atoms with Crippen molar-refractivity contribution < 1.29 is 14.3 Å². The molecule has 1 amide bonds. The molecule has 0 aliphatic rings. The summed E-state index contributed by atoms with van der Waals surface area (Å²) in [7, 11) is 1.60. The summed E-state index contributed by atoms with van der Waals surface area (Å²) in [6.07, 6.45) is 2.91. The highest BCUT2D eigenvalue weighted by Gasteiger charge is 2.12. The maximum Gasteiger partial charge on any atom is 0.275 e. The minimum atomic E-state index is -0.363. The third-order valence-electron chi connectivity index (χ3n) is 3.69. The van der Waals surface area contributed by atoms with Crippen LogP contribution in [0.15, 0.2) is 60.9 Å². The predicted octanol–water partition coefficient (Wildman–Crippen LogP) is 3.88. The van der Waals surface area contributed by atoms with Crippen LogP contribution < -0.4 is 20.1 Å². The van der Waals surface area contributed by atoms with Gasteiger partial charge in [0.15, 0.2) is 0 Å². The second kappa shape index (κ2) is 8.66. The van der Waals surface area contributed by atoms with E-state index in [1.807, 2.05) is 43.3 Å². The van der Waals surface area contributed by atoms with Gasteiger partial charge in [-0.3, -0.25) is 4.79 Å². The van der Waals surface area contributed by atoms with Crippen molar-refractivity contribution in [2.24, 2.45) is 0 Å². The first-order valence-electron chi connectivity index (χ1n) is 8.46. The largest absolute Gasteiger partial charge is 0.495 e. The van der Waals surface area contributed by atoms with Crippen LogP contribution in [0.2, 0.25) is 0 Å². The van der Waals surface area contributed by atoms with Gasteiger partial charge in [0, 0.05) is 0 Å². The first-order valence-corrected chi connectivity index (χ1v) is 8.46. The van der Waals surface area contributed by atoms with Gasteiger partial charge in [0.05, 0.1) is 37.5 Å². The lowest BCUT2D eigenvalue weighted by molar-refractivity contribution is 0.102. The zero-order valence-electron chi connectivity index (χ0n) is 15.1. The zero-order chi connectivity index (χ0) is 19.1. The Labute approximate surface area is 157 Å². The molecule has 1 heterocycles. The van der Waals surface area contributed by atoms with Crippen LogP contribution in [0.4, 0.5) is 17.2 Å². The minimum absolute atomic E-state index is 0.201. The van der Waals surface area contributed by atoms with E-state index in [1.165, 1.54) is 12.4 Å². The van der Waals surface area contributed by atoms with Crippen molar-refractivity contribution in [3.8, 4) is 11.5 Å². The highest BCUT2D eigenvalue weighted by atomic mass is 16.5. The molecule has 0 radical (unpaired) electrons. The van der Waals surface area contributed by atoms with E-state index in [-0.39, 0.29) is 11.6 Å². The summed E-state index contributed by atoms with van der Waals surface area (Å²) >= 11 is 0. The Bertz CT molecular complexity index is 913. The number of carbonyl (C=O) groups is 1. The number of anilines is 3. The molecule has 0 fully saturated rings. The number of hydrogen-bond acceptors (Lipinski definition) is 6. The van der Waals surface area contributed by atoms with Crippen molar-refractivity contribution in [2.75, 3.05) is 24.4 Å². The molecular weight excluding hydrogens is 344 g/mol. The number of aromatic nitrogens is 2. The number of para-hydroxylation sites is 4. The van der Waals surface area contributed by atoms with Gasteiger partial charge in [-0.1, -0.05) is 24.3 Å². The standard InChI is InChI=1S/C20H20N4O3/c1-3-27-18-11-7-5-9-15(18)24-20(25)16-12-22-19(13-21-16)23-14-8-4-6-10-17(14)26-2/h4-13H,3H2,1-2H3,(H,22,23)(H,24,25). The van der Waals surface area contributed by atoms with Gasteiger partial charge in [-0.2, -0.15) is 0 Å². The molecule has 2 aromatic carbocycles. The van der Waals surface area contributed by atoms with Crippen LogP contribution in [-0.2, 0) is 0 Å². The van der Waals surface area contributed by atoms with Gasteiger partial charge in [0.2, 0.25) is 0 Å². The highest BCUT2D eigenvalue weighted by molar-refractivity contribution is 6.03. The predicted molar refractivity (Wildman–Crippen MR) is 104 cm³/mol. The van der Waals surface area contributed by atoms with Crippen molar-refractivity contribution in [3.05, 3.63) is 66.6 Å². The molecule has 0 unspecified atom stereocenters. The van der Waals surface area contributed by atoms with E-state index in [1.54, 1.807) is 19.2 Å². The molecule has 0 aliphatic carbocycles.